The molecule has 0 radical (unpaired) electrons. The van der Waals surface area contributed by atoms with E-state index in [1.807, 2.05) is 11.6 Å². The molecule has 0 aliphatic rings. The lowest BCUT2D eigenvalue weighted by molar-refractivity contribution is -0.140. The van der Waals surface area contributed by atoms with Gasteiger partial charge in [-0.2, -0.15) is 13.1 Å². The number of ether oxygens (including phenoxy) is 1. The number of benzene rings is 1. The number of esters is 1. The highest BCUT2D eigenvalue weighted by Gasteiger charge is 2.17. The Kier molecular flexibility index (Phi) is 5.76. The third-order valence-electron chi connectivity index (χ3n) is 2.51. The lowest BCUT2D eigenvalue weighted by Crippen LogP contribution is -2.34. The van der Waals surface area contributed by atoms with Crippen LogP contribution in [-0.2, 0) is 19.8 Å². The van der Waals surface area contributed by atoms with Crippen molar-refractivity contribution in [2.45, 2.75) is 20.8 Å². The molecule has 7 heteroatoms. The number of terminal acetylenes is 1. The quantitative estimate of drug-likeness (QED) is 0.626. The summed E-state index contributed by atoms with van der Waals surface area (Å²) >= 11 is 0. The minimum atomic E-state index is -4.12. The summed E-state index contributed by atoms with van der Waals surface area (Å²) in [6, 6.07) is 3.61. The number of carbonyl (C=O) groups is 1. The van der Waals surface area contributed by atoms with Gasteiger partial charge < -0.3 is 8.92 Å². The van der Waals surface area contributed by atoms with E-state index in [0.29, 0.717) is 11.1 Å². The topological polar surface area (TPSA) is 81.7 Å². The minimum Gasteiger partial charge on any atom is -0.452 e. The second-order valence-electron chi connectivity index (χ2n) is 4.45. The summed E-state index contributed by atoms with van der Waals surface area (Å²) in [7, 11) is -4.12. The van der Waals surface area contributed by atoms with Crippen molar-refractivity contribution >= 4 is 16.3 Å². The number of hydrogen-bond acceptors (Lipinski definition) is 5. The van der Waals surface area contributed by atoms with Gasteiger partial charge in [-0.25, -0.2) is 0 Å². The van der Waals surface area contributed by atoms with Crippen molar-refractivity contribution < 1.29 is 22.1 Å². The molecule has 0 atom stereocenters. The molecular weight excluding hydrogens is 294 g/mol. The van der Waals surface area contributed by atoms with Gasteiger partial charge in [0.1, 0.15) is 12.3 Å². The predicted molar refractivity (Wildman–Crippen MR) is 78.0 cm³/mol. The maximum absolute atomic E-state index is 11.8. The van der Waals surface area contributed by atoms with Crippen LogP contribution in [0.3, 0.4) is 0 Å². The number of aryl methyl sites for hydroxylation is 3. The molecular formula is C14H17NO5S. The minimum absolute atomic E-state index is 0.211. The van der Waals surface area contributed by atoms with Gasteiger partial charge in [-0.05, 0) is 31.9 Å². The standard InChI is InChI=1S/C14H17NO5S/c1-5-6-19-13(16)9-15-21(17,18)20-14-11(3)7-10(2)8-12(14)4/h1,7-8,15H,6,9H2,2-4H3. The number of nitrogens with one attached hydrogen (secondary N) is 1. The third kappa shape index (κ3) is 5.45. The highest BCUT2D eigenvalue weighted by molar-refractivity contribution is 7.85. The summed E-state index contributed by atoms with van der Waals surface area (Å²) < 4.78 is 35.1. The van der Waals surface area contributed by atoms with Crippen molar-refractivity contribution in [1.82, 2.24) is 4.72 Å². The molecule has 0 aromatic heterocycles. The lowest BCUT2D eigenvalue weighted by Gasteiger charge is -2.13. The van der Waals surface area contributed by atoms with E-state index < -0.39 is 22.8 Å². The summed E-state index contributed by atoms with van der Waals surface area (Å²) in [6.45, 7) is 4.63. The molecule has 0 fully saturated rings. The van der Waals surface area contributed by atoms with Crippen molar-refractivity contribution in [3.8, 4) is 18.1 Å². The zero-order chi connectivity index (χ0) is 16.0. The maximum atomic E-state index is 11.8. The Morgan fingerprint density at radius 3 is 2.38 bits per heavy atom. The molecule has 1 aromatic rings. The van der Waals surface area contributed by atoms with Gasteiger partial charge in [0.25, 0.3) is 0 Å². The van der Waals surface area contributed by atoms with Gasteiger partial charge in [-0.3, -0.25) is 4.79 Å². The van der Waals surface area contributed by atoms with Crippen LogP contribution < -0.4 is 8.91 Å². The summed E-state index contributed by atoms with van der Waals surface area (Å²) in [5, 5.41) is 0. The number of hydrogen-bond donors (Lipinski definition) is 1. The van der Waals surface area contributed by atoms with Crippen LogP contribution in [0.15, 0.2) is 12.1 Å². The van der Waals surface area contributed by atoms with E-state index >= 15 is 0 Å². The second kappa shape index (κ2) is 7.11. The van der Waals surface area contributed by atoms with Gasteiger partial charge in [0.15, 0.2) is 6.61 Å². The molecule has 0 aliphatic heterocycles. The molecule has 0 spiro atoms. The smallest absolute Gasteiger partial charge is 0.383 e. The van der Waals surface area contributed by atoms with Gasteiger partial charge in [0, 0.05) is 0 Å². The molecule has 114 valence electrons. The molecule has 0 heterocycles. The fraction of sp³-hybridized carbons (Fsp3) is 0.357. The van der Waals surface area contributed by atoms with E-state index in [1.165, 1.54) is 0 Å². The van der Waals surface area contributed by atoms with Crippen LogP contribution in [0.2, 0.25) is 0 Å². The Morgan fingerprint density at radius 2 is 1.86 bits per heavy atom. The van der Waals surface area contributed by atoms with E-state index in [2.05, 4.69) is 10.7 Å². The van der Waals surface area contributed by atoms with E-state index in [-0.39, 0.29) is 12.4 Å². The Balaban J connectivity index is 2.74. The SMILES string of the molecule is C#CCOC(=O)CNS(=O)(=O)Oc1c(C)cc(C)cc1C. The maximum Gasteiger partial charge on any atom is 0.383 e. The zero-order valence-electron chi connectivity index (χ0n) is 12.1. The van der Waals surface area contributed by atoms with Gasteiger partial charge >= 0.3 is 16.3 Å². The molecule has 0 saturated carbocycles. The van der Waals surface area contributed by atoms with Gasteiger partial charge in [-0.15, -0.1) is 6.42 Å². The molecule has 1 aromatic carbocycles. The molecule has 0 saturated heterocycles. The monoisotopic (exact) mass is 311 g/mol. The normalized spacial score (nSPS) is 10.8. The fourth-order valence-corrected chi connectivity index (χ4v) is 2.59. The molecule has 21 heavy (non-hydrogen) atoms. The molecule has 0 bridgehead atoms. The first-order chi connectivity index (χ1) is 9.75. The van der Waals surface area contributed by atoms with Crippen molar-refractivity contribution in [3.63, 3.8) is 0 Å². The lowest BCUT2D eigenvalue weighted by atomic mass is 10.1. The van der Waals surface area contributed by atoms with Crippen LogP contribution in [0.4, 0.5) is 0 Å². The average molecular weight is 311 g/mol. The van der Waals surface area contributed by atoms with Crippen LogP contribution in [0.25, 0.3) is 0 Å². The van der Waals surface area contributed by atoms with E-state index in [4.69, 9.17) is 10.6 Å². The first kappa shape index (κ1) is 17.0. The average Bonchev–Trinajstić information content (AvgIpc) is 2.38. The summed E-state index contributed by atoms with van der Waals surface area (Å²) in [6.07, 6.45) is 4.92. The van der Waals surface area contributed by atoms with Crippen molar-refractivity contribution in [2.75, 3.05) is 13.2 Å². The summed E-state index contributed by atoms with van der Waals surface area (Å²) in [4.78, 5) is 11.2. The van der Waals surface area contributed by atoms with Gasteiger partial charge in [0.05, 0.1) is 0 Å². The van der Waals surface area contributed by atoms with Crippen molar-refractivity contribution in [2.24, 2.45) is 0 Å². The van der Waals surface area contributed by atoms with Crippen LogP contribution in [0.5, 0.6) is 5.75 Å². The molecule has 0 unspecified atom stereocenters. The van der Waals surface area contributed by atoms with Crippen LogP contribution in [-0.4, -0.2) is 27.5 Å². The summed E-state index contributed by atoms with van der Waals surface area (Å²) in [5.41, 5.74) is 2.38. The Bertz CT molecular complexity index is 650. The van der Waals surface area contributed by atoms with Crippen molar-refractivity contribution in [3.05, 3.63) is 28.8 Å². The molecule has 6 nitrogen and oxygen atoms in total. The van der Waals surface area contributed by atoms with Crippen molar-refractivity contribution in [1.29, 1.82) is 0 Å². The second-order valence-corrected chi connectivity index (χ2v) is 5.81. The number of carbonyl (C=O) groups excluding carboxylic acids is 1. The van der Waals surface area contributed by atoms with Gasteiger partial charge in [0.2, 0.25) is 0 Å². The Hall–Kier alpha value is -2.04. The third-order valence-corrected chi connectivity index (χ3v) is 3.39. The fourth-order valence-electron chi connectivity index (χ4n) is 1.76. The van der Waals surface area contributed by atoms with E-state index in [1.54, 1.807) is 26.0 Å². The highest BCUT2D eigenvalue weighted by Crippen LogP contribution is 2.25. The van der Waals surface area contributed by atoms with Crippen LogP contribution in [0, 0.1) is 33.1 Å². The van der Waals surface area contributed by atoms with E-state index in [0.717, 1.165) is 5.56 Å². The highest BCUT2D eigenvalue weighted by atomic mass is 32.2. The molecule has 0 aliphatic carbocycles. The molecule has 1 rings (SSSR count). The molecule has 0 amide bonds. The predicted octanol–water partition coefficient (Wildman–Crippen LogP) is 1.00. The Morgan fingerprint density at radius 1 is 1.29 bits per heavy atom. The van der Waals surface area contributed by atoms with E-state index in [9.17, 15) is 13.2 Å². The van der Waals surface area contributed by atoms with Crippen LogP contribution >= 0.6 is 0 Å². The first-order valence-corrected chi connectivity index (χ1v) is 7.52. The molecule has 1 N–H and O–H groups in total. The first-order valence-electron chi connectivity index (χ1n) is 6.11. The Labute approximate surface area is 124 Å². The van der Waals surface area contributed by atoms with Gasteiger partial charge in [-0.1, -0.05) is 23.6 Å². The van der Waals surface area contributed by atoms with Crippen LogP contribution in [0.1, 0.15) is 16.7 Å². The summed E-state index contributed by atoms with van der Waals surface area (Å²) in [5.74, 6) is 1.56. The zero-order valence-corrected chi connectivity index (χ0v) is 12.9. The number of rotatable bonds is 6. The largest absolute Gasteiger partial charge is 0.452 e.